The van der Waals surface area contributed by atoms with Gasteiger partial charge in [0.2, 0.25) is 11.8 Å². The molecule has 2 amide bonds. The Morgan fingerprint density at radius 2 is 1.90 bits per heavy atom. The summed E-state index contributed by atoms with van der Waals surface area (Å²) >= 11 is 0. The van der Waals surface area contributed by atoms with Crippen molar-refractivity contribution in [1.82, 2.24) is 15.5 Å². The number of benzene rings is 1. The standard InChI is InChI=1S/C22H29N3O6/c1-13(2)11-15(23-19(26)17-18(24-17)21(28)29)20(27)25-10-6-9-16(25)22(30)31-12-14-7-4-3-5-8-14/h3-5,7-8,13,15-18,24H,6,9-12H2,1-2H3,(H,23,26)(H,28,29)/t15-,16-,17+,18+/m0/s1. The first-order valence-electron chi connectivity index (χ1n) is 10.6. The van der Waals surface area contributed by atoms with E-state index in [2.05, 4.69) is 10.6 Å². The topological polar surface area (TPSA) is 135 Å². The fraction of sp³-hybridized carbons (Fsp3) is 0.545. The maximum Gasteiger partial charge on any atom is 0.329 e. The maximum absolute atomic E-state index is 13.2. The van der Waals surface area contributed by atoms with E-state index in [1.807, 2.05) is 44.2 Å². The van der Waals surface area contributed by atoms with Crippen molar-refractivity contribution in [1.29, 1.82) is 0 Å². The number of rotatable bonds is 9. The number of hydrogen-bond acceptors (Lipinski definition) is 6. The molecule has 4 atom stereocenters. The number of hydrogen-bond donors (Lipinski definition) is 3. The van der Waals surface area contributed by atoms with Crippen molar-refractivity contribution in [2.45, 2.75) is 63.9 Å². The van der Waals surface area contributed by atoms with Gasteiger partial charge >= 0.3 is 11.9 Å². The first-order chi connectivity index (χ1) is 14.8. The first-order valence-corrected chi connectivity index (χ1v) is 10.6. The van der Waals surface area contributed by atoms with Crippen LogP contribution in [0.1, 0.15) is 38.7 Å². The van der Waals surface area contributed by atoms with E-state index in [1.54, 1.807) is 0 Å². The molecule has 0 spiro atoms. The molecule has 0 aromatic heterocycles. The molecule has 0 radical (unpaired) electrons. The van der Waals surface area contributed by atoms with Gasteiger partial charge < -0.3 is 20.1 Å². The van der Waals surface area contributed by atoms with Gasteiger partial charge in [-0.3, -0.25) is 19.7 Å². The lowest BCUT2D eigenvalue weighted by Gasteiger charge is -2.29. The lowest BCUT2D eigenvalue weighted by Crippen LogP contribution is -2.53. The van der Waals surface area contributed by atoms with E-state index >= 15 is 0 Å². The molecule has 3 rings (SSSR count). The van der Waals surface area contributed by atoms with Crippen molar-refractivity contribution in [3.63, 3.8) is 0 Å². The molecule has 0 unspecified atom stereocenters. The minimum absolute atomic E-state index is 0.114. The molecular weight excluding hydrogens is 402 g/mol. The van der Waals surface area contributed by atoms with Gasteiger partial charge in [-0.25, -0.2) is 4.79 Å². The number of carboxylic acids is 1. The second kappa shape index (κ2) is 9.91. The van der Waals surface area contributed by atoms with Crippen LogP contribution in [0.4, 0.5) is 0 Å². The number of nitrogens with one attached hydrogen (secondary N) is 2. The summed E-state index contributed by atoms with van der Waals surface area (Å²) in [6.07, 6.45) is 1.56. The van der Waals surface area contributed by atoms with Crippen molar-refractivity contribution >= 4 is 23.8 Å². The van der Waals surface area contributed by atoms with Gasteiger partial charge in [0.05, 0.1) is 0 Å². The zero-order valence-electron chi connectivity index (χ0n) is 17.7. The van der Waals surface area contributed by atoms with Crippen LogP contribution in [0.5, 0.6) is 0 Å². The summed E-state index contributed by atoms with van der Waals surface area (Å²) in [5.41, 5.74) is 0.863. The summed E-state index contributed by atoms with van der Waals surface area (Å²) in [5, 5.41) is 14.3. The van der Waals surface area contributed by atoms with Gasteiger partial charge in [-0.05, 0) is 30.7 Å². The van der Waals surface area contributed by atoms with Gasteiger partial charge in [0.15, 0.2) is 0 Å². The summed E-state index contributed by atoms with van der Waals surface area (Å²) in [6.45, 7) is 4.40. The summed E-state index contributed by atoms with van der Waals surface area (Å²) in [5.74, 6) is -2.31. The molecule has 9 nitrogen and oxygen atoms in total. The lowest BCUT2D eigenvalue weighted by molar-refractivity contribution is -0.155. The highest BCUT2D eigenvalue weighted by Gasteiger charge is 2.49. The molecule has 1 aromatic carbocycles. The molecule has 0 saturated carbocycles. The monoisotopic (exact) mass is 431 g/mol. The molecule has 2 heterocycles. The largest absolute Gasteiger partial charge is 0.480 e. The summed E-state index contributed by atoms with van der Waals surface area (Å²) in [7, 11) is 0. The first kappa shape index (κ1) is 22.7. The number of nitrogens with zero attached hydrogens (tertiary/aromatic N) is 1. The van der Waals surface area contributed by atoms with Crippen LogP contribution in [0.15, 0.2) is 30.3 Å². The number of aliphatic carboxylic acids is 1. The van der Waals surface area contributed by atoms with E-state index in [1.165, 1.54) is 4.90 Å². The second-order valence-electron chi connectivity index (χ2n) is 8.43. The van der Waals surface area contributed by atoms with Crippen LogP contribution in [0, 0.1) is 5.92 Å². The number of likely N-dealkylation sites (tertiary alicyclic amines) is 1. The van der Waals surface area contributed by atoms with Gasteiger partial charge in [0, 0.05) is 6.54 Å². The van der Waals surface area contributed by atoms with Crippen molar-refractivity contribution in [3.05, 3.63) is 35.9 Å². The van der Waals surface area contributed by atoms with Crippen molar-refractivity contribution in [3.8, 4) is 0 Å². The third-order valence-electron chi connectivity index (χ3n) is 5.49. The fourth-order valence-electron chi connectivity index (χ4n) is 3.83. The Balaban J connectivity index is 1.62. The average Bonchev–Trinajstić information content (AvgIpc) is 3.41. The Labute approximate surface area is 181 Å². The molecule has 9 heteroatoms. The normalized spacial score (nSPS) is 23.3. The SMILES string of the molecule is CC(C)C[C@H](NC(=O)[C@@H]1N[C@H]1C(=O)O)C(=O)N1CCC[C@H]1C(=O)OCc1ccccc1. The average molecular weight is 431 g/mol. The van der Waals surface area contributed by atoms with Gasteiger partial charge in [0.1, 0.15) is 30.8 Å². The molecule has 0 bridgehead atoms. The molecule has 2 aliphatic rings. The molecule has 3 N–H and O–H groups in total. The third-order valence-corrected chi connectivity index (χ3v) is 5.49. The zero-order chi connectivity index (χ0) is 22.5. The number of amides is 2. The van der Waals surface area contributed by atoms with Crippen LogP contribution in [-0.2, 0) is 30.5 Å². The fourth-order valence-corrected chi connectivity index (χ4v) is 3.83. The predicted octanol–water partition coefficient (Wildman–Crippen LogP) is 0.677. The van der Waals surface area contributed by atoms with E-state index in [4.69, 9.17) is 9.84 Å². The van der Waals surface area contributed by atoms with Gasteiger partial charge in [-0.2, -0.15) is 0 Å². The number of carbonyl (C=O) groups is 4. The number of esters is 1. The molecule has 2 aliphatic heterocycles. The lowest BCUT2D eigenvalue weighted by atomic mass is 10.0. The molecule has 1 aromatic rings. The Morgan fingerprint density at radius 1 is 1.19 bits per heavy atom. The summed E-state index contributed by atoms with van der Waals surface area (Å²) in [6, 6.07) is 6.02. The van der Waals surface area contributed by atoms with Gasteiger partial charge in [-0.1, -0.05) is 44.2 Å². The second-order valence-corrected chi connectivity index (χ2v) is 8.43. The van der Waals surface area contributed by atoms with Crippen LogP contribution < -0.4 is 10.6 Å². The number of ether oxygens (including phenoxy) is 1. The summed E-state index contributed by atoms with van der Waals surface area (Å²) < 4.78 is 5.43. The van der Waals surface area contributed by atoms with E-state index in [0.29, 0.717) is 25.8 Å². The van der Waals surface area contributed by atoms with Crippen molar-refractivity contribution < 1.29 is 29.0 Å². The van der Waals surface area contributed by atoms with E-state index in [0.717, 1.165) is 5.56 Å². The molecule has 168 valence electrons. The van der Waals surface area contributed by atoms with E-state index in [-0.39, 0.29) is 18.4 Å². The van der Waals surface area contributed by atoms with Crippen molar-refractivity contribution in [2.24, 2.45) is 5.92 Å². The number of carboxylic acid groups (broad SMARTS) is 1. The quantitative estimate of drug-likeness (QED) is 0.386. The van der Waals surface area contributed by atoms with Crippen LogP contribution >= 0.6 is 0 Å². The van der Waals surface area contributed by atoms with Crippen LogP contribution in [0.25, 0.3) is 0 Å². The molecule has 2 fully saturated rings. The van der Waals surface area contributed by atoms with E-state index < -0.39 is 42.0 Å². The maximum atomic E-state index is 13.2. The van der Waals surface area contributed by atoms with Gasteiger partial charge in [-0.15, -0.1) is 0 Å². The van der Waals surface area contributed by atoms with Crippen LogP contribution in [0.3, 0.4) is 0 Å². The third kappa shape index (κ3) is 5.81. The smallest absolute Gasteiger partial charge is 0.329 e. The highest BCUT2D eigenvalue weighted by atomic mass is 16.5. The van der Waals surface area contributed by atoms with Gasteiger partial charge in [0.25, 0.3) is 0 Å². The zero-order valence-corrected chi connectivity index (χ0v) is 17.7. The van der Waals surface area contributed by atoms with Crippen LogP contribution in [-0.4, -0.2) is 64.5 Å². The summed E-state index contributed by atoms with van der Waals surface area (Å²) in [4.78, 5) is 50.8. The molecular formula is C22H29N3O6. The van der Waals surface area contributed by atoms with Crippen LogP contribution in [0.2, 0.25) is 0 Å². The van der Waals surface area contributed by atoms with E-state index in [9.17, 15) is 19.2 Å². The molecule has 0 aliphatic carbocycles. The predicted molar refractivity (Wildman–Crippen MR) is 111 cm³/mol. The highest BCUT2D eigenvalue weighted by Crippen LogP contribution is 2.22. The van der Waals surface area contributed by atoms with Crippen molar-refractivity contribution in [2.75, 3.05) is 6.54 Å². The minimum Gasteiger partial charge on any atom is -0.480 e. The molecule has 2 saturated heterocycles. The highest BCUT2D eigenvalue weighted by molar-refractivity contribution is 5.97. The Morgan fingerprint density at radius 3 is 2.52 bits per heavy atom. The Bertz CT molecular complexity index is 828. The Hall–Kier alpha value is -2.94. The Kier molecular flexibility index (Phi) is 7.27. The molecule has 31 heavy (non-hydrogen) atoms. The minimum atomic E-state index is -1.10. The number of carbonyl (C=O) groups excluding carboxylic acids is 3.